The number of hydrogen-bond acceptors (Lipinski definition) is 3. The first kappa shape index (κ1) is 11.0. The molecule has 0 fully saturated rings. The molecule has 0 spiro atoms. The van der Waals surface area contributed by atoms with Gasteiger partial charge in [-0.3, -0.25) is 4.79 Å². The van der Waals surface area contributed by atoms with Gasteiger partial charge in [-0.2, -0.15) is 0 Å². The highest BCUT2D eigenvalue weighted by Crippen LogP contribution is 2.34. The standard InChI is InChI=1S/C15H12O3/c16-13-11-8-4-5-9-12(11)18-15(14(13)17)10-6-2-1-3-7-10/h1-9,14-15,17H/t14-,15-/m1/s1. The molecule has 2 aromatic carbocycles. The van der Waals surface area contributed by atoms with E-state index in [2.05, 4.69) is 0 Å². The van der Waals surface area contributed by atoms with Crippen molar-refractivity contribution < 1.29 is 14.6 Å². The molecule has 0 aliphatic carbocycles. The van der Waals surface area contributed by atoms with Crippen molar-refractivity contribution in [3.8, 4) is 5.75 Å². The van der Waals surface area contributed by atoms with Crippen molar-refractivity contribution in [3.05, 3.63) is 65.7 Å². The number of ketones is 1. The van der Waals surface area contributed by atoms with Gasteiger partial charge in [-0.05, 0) is 17.7 Å². The zero-order chi connectivity index (χ0) is 12.5. The molecule has 0 amide bonds. The Hall–Kier alpha value is -2.13. The third-order valence-corrected chi connectivity index (χ3v) is 3.09. The normalized spacial score (nSPS) is 22.2. The second kappa shape index (κ2) is 4.27. The molecule has 0 aromatic heterocycles. The van der Waals surface area contributed by atoms with E-state index in [1.807, 2.05) is 36.4 Å². The maximum atomic E-state index is 12.1. The molecule has 0 unspecified atom stereocenters. The van der Waals surface area contributed by atoms with E-state index in [0.29, 0.717) is 11.3 Å². The van der Waals surface area contributed by atoms with Crippen molar-refractivity contribution in [1.82, 2.24) is 0 Å². The Bertz CT molecular complexity index is 577. The van der Waals surface area contributed by atoms with Crippen LogP contribution in [0.5, 0.6) is 5.75 Å². The van der Waals surface area contributed by atoms with Crippen LogP contribution < -0.4 is 4.74 Å². The van der Waals surface area contributed by atoms with Crippen LogP contribution in [-0.4, -0.2) is 17.0 Å². The smallest absolute Gasteiger partial charge is 0.199 e. The molecule has 0 saturated heterocycles. The molecule has 1 aliphatic rings. The van der Waals surface area contributed by atoms with Crippen LogP contribution in [0, 0.1) is 0 Å². The number of aliphatic hydroxyl groups is 1. The Balaban J connectivity index is 2.04. The number of Topliss-reactive ketones (excluding diaryl/α,β-unsaturated/α-hetero) is 1. The van der Waals surface area contributed by atoms with Gasteiger partial charge in [0.05, 0.1) is 5.56 Å². The summed E-state index contributed by atoms with van der Waals surface area (Å²) in [5, 5.41) is 10.1. The molecule has 3 nitrogen and oxygen atoms in total. The Morgan fingerprint density at radius 3 is 2.39 bits per heavy atom. The number of carbonyl (C=O) groups excluding carboxylic acids is 1. The summed E-state index contributed by atoms with van der Waals surface area (Å²) in [7, 11) is 0. The topological polar surface area (TPSA) is 46.5 Å². The van der Waals surface area contributed by atoms with Crippen LogP contribution in [0.4, 0.5) is 0 Å². The van der Waals surface area contributed by atoms with Gasteiger partial charge in [0, 0.05) is 0 Å². The van der Waals surface area contributed by atoms with Gasteiger partial charge in [-0.1, -0.05) is 42.5 Å². The van der Waals surface area contributed by atoms with E-state index in [1.165, 1.54) is 0 Å². The number of ether oxygens (including phenoxy) is 1. The summed E-state index contributed by atoms with van der Waals surface area (Å²) in [6, 6.07) is 16.3. The average molecular weight is 240 g/mol. The number of fused-ring (bicyclic) bond motifs is 1. The van der Waals surface area contributed by atoms with E-state index in [1.54, 1.807) is 18.2 Å². The SMILES string of the molecule is O=C1c2ccccc2O[C@H](c2ccccc2)[C@@H]1O. The van der Waals surface area contributed by atoms with Crippen LogP contribution >= 0.6 is 0 Å². The lowest BCUT2D eigenvalue weighted by atomic mass is 9.94. The van der Waals surface area contributed by atoms with Crippen LogP contribution in [0.3, 0.4) is 0 Å². The highest BCUT2D eigenvalue weighted by atomic mass is 16.5. The number of benzene rings is 2. The van der Waals surface area contributed by atoms with E-state index < -0.39 is 12.2 Å². The zero-order valence-corrected chi connectivity index (χ0v) is 9.61. The van der Waals surface area contributed by atoms with Crippen molar-refractivity contribution in [3.63, 3.8) is 0 Å². The summed E-state index contributed by atoms with van der Waals surface area (Å²) >= 11 is 0. The van der Waals surface area contributed by atoms with Gasteiger partial charge in [-0.15, -0.1) is 0 Å². The van der Waals surface area contributed by atoms with Crippen LogP contribution in [0.15, 0.2) is 54.6 Å². The monoisotopic (exact) mass is 240 g/mol. The van der Waals surface area contributed by atoms with Gasteiger partial charge in [0.25, 0.3) is 0 Å². The predicted molar refractivity (Wildman–Crippen MR) is 66.6 cm³/mol. The van der Waals surface area contributed by atoms with Crippen LogP contribution in [0.25, 0.3) is 0 Å². The van der Waals surface area contributed by atoms with Gasteiger partial charge in [0.1, 0.15) is 5.75 Å². The molecule has 3 heteroatoms. The number of para-hydroxylation sites is 1. The predicted octanol–water partition coefficient (Wildman–Crippen LogP) is 2.36. The van der Waals surface area contributed by atoms with Crippen molar-refractivity contribution in [2.45, 2.75) is 12.2 Å². The number of hydrogen-bond donors (Lipinski definition) is 1. The quantitative estimate of drug-likeness (QED) is 0.832. The van der Waals surface area contributed by atoms with Crippen LogP contribution in [0.1, 0.15) is 22.0 Å². The fourth-order valence-corrected chi connectivity index (χ4v) is 2.16. The molecule has 18 heavy (non-hydrogen) atoms. The molecule has 2 aromatic rings. The van der Waals surface area contributed by atoms with Gasteiger partial charge < -0.3 is 9.84 Å². The number of rotatable bonds is 1. The second-order valence-corrected chi connectivity index (χ2v) is 4.25. The highest BCUT2D eigenvalue weighted by molar-refractivity contribution is 6.03. The molecular formula is C15H12O3. The zero-order valence-electron chi connectivity index (χ0n) is 9.61. The summed E-state index contributed by atoms with van der Waals surface area (Å²) in [4.78, 5) is 12.1. The maximum Gasteiger partial charge on any atom is 0.199 e. The minimum absolute atomic E-state index is 0.286. The third-order valence-electron chi connectivity index (χ3n) is 3.09. The summed E-state index contributed by atoms with van der Waals surface area (Å²) in [6.07, 6.45) is -1.78. The number of aliphatic hydroxyl groups excluding tert-OH is 1. The summed E-state index contributed by atoms with van der Waals surface area (Å²) in [5.74, 6) is 0.243. The van der Waals surface area contributed by atoms with Gasteiger partial charge in [0.15, 0.2) is 18.0 Å². The van der Waals surface area contributed by atoms with E-state index >= 15 is 0 Å². The molecule has 3 rings (SSSR count). The Kier molecular flexibility index (Phi) is 2.61. The van der Waals surface area contributed by atoms with E-state index in [4.69, 9.17) is 4.74 Å². The largest absolute Gasteiger partial charge is 0.482 e. The third kappa shape index (κ3) is 1.69. The Morgan fingerprint density at radius 2 is 1.61 bits per heavy atom. The fourth-order valence-electron chi connectivity index (χ4n) is 2.16. The lowest BCUT2D eigenvalue weighted by Gasteiger charge is -2.29. The van der Waals surface area contributed by atoms with Gasteiger partial charge in [-0.25, -0.2) is 0 Å². The maximum absolute atomic E-state index is 12.1. The van der Waals surface area contributed by atoms with Crippen molar-refractivity contribution in [1.29, 1.82) is 0 Å². The second-order valence-electron chi connectivity index (χ2n) is 4.25. The Morgan fingerprint density at radius 1 is 0.944 bits per heavy atom. The fraction of sp³-hybridized carbons (Fsp3) is 0.133. The minimum atomic E-state index is -1.15. The molecule has 1 N–H and O–H groups in total. The molecule has 0 bridgehead atoms. The van der Waals surface area contributed by atoms with Crippen molar-refractivity contribution in [2.24, 2.45) is 0 Å². The molecule has 1 heterocycles. The molecule has 0 saturated carbocycles. The summed E-state index contributed by atoms with van der Waals surface area (Å²) in [6.45, 7) is 0. The lowest BCUT2D eigenvalue weighted by molar-refractivity contribution is 0.0216. The van der Waals surface area contributed by atoms with E-state index in [0.717, 1.165) is 5.56 Å². The average Bonchev–Trinajstić information content (AvgIpc) is 2.44. The first-order chi connectivity index (χ1) is 8.77. The first-order valence-electron chi connectivity index (χ1n) is 5.80. The van der Waals surface area contributed by atoms with Gasteiger partial charge >= 0.3 is 0 Å². The summed E-state index contributed by atoms with van der Waals surface area (Å²) in [5.41, 5.74) is 1.24. The van der Waals surface area contributed by atoms with Crippen molar-refractivity contribution >= 4 is 5.78 Å². The van der Waals surface area contributed by atoms with E-state index in [9.17, 15) is 9.90 Å². The number of carbonyl (C=O) groups is 1. The van der Waals surface area contributed by atoms with E-state index in [-0.39, 0.29) is 5.78 Å². The highest BCUT2D eigenvalue weighted by Gasteiger charge is 2.36. The molecule has 0 radical (unpaired) electrons. The lowest BCUT2D eigenvalue weighted by Crippen LogP contribution is -2.36. The van der Waals surface area contributed by atoms with Gasteiger partial charge in [0.2, 0.25) is 0 Å². The first-order valence-corrected chi connectivity index (χ1v) is 5.80. The molecular weight excluding hydrogens is 228 g/mol. The Labute approximate surface area is 105 Å². The van der Waals surface area contributed by atoms with Crippen molar-refractivity contribution in [2.75, 3.05) is 0 Å². The molecule has 1 aliphatic heterocycles. The summed E-state index contributed by atoms with van der Waals surface area (Å²) < 4.78 is 5.73. The minimum Gasteiger partial charge on any atom is -0.482 e. The molecule has 2 atom stereocenters. The van der Waals surface area contributed by atoms with Crippen LogP contribution in [-0.2, 0) is 0 Å². The van der Waals surface area contributed by atoms with Crippen LogP contribution in [0.2, 0.25) is 0 Å². The molecule has 90 valence electrons.